The molecule has 0 spiro atoms. The number of hydrogen-bond donors (Lipinski definition) is 1. The van der Waals surface area contributed by atoms with Crippen molar-refractivity contribution in [3.8, 4) is 0 Å². The van der Waals surface area contributed by atoms with Gasteiger partial charge < -0.3 is 10.1 Å². The third kappa shape index (κ3) is 2.80. The van der Waals surface area contributed by atoms with E-state index in [9.17, 15) is 0 Å². The highest BCUT2D eigenvalue weighted by molar-refractivity contribution is 4.77. The second kappa shape index (κ2) is 3.55. The van der Waals surface area contributed by atoms with E-state index in [1.54, 1.807) is 0 Å². The fourth-order valence-corrected chi connectivity index (χ4v) is 0.899. The van der Waals surface area contributed by atoms with E-state index in [2.05, 4.69) is 26.1 Å². The molecule has 1 N–H and O–H groups in total. The van der Waals surface area contributed by atoms with E-state index < -0.39 is 0 Å². The zero-order valence-electron chi connectivity index (χ0n) is 7.81. The Hall–Kier alpha value is -0.0800. The summed E-state index contributed by atoms with van der Waals surface area (Å²) in [5, 5.41) is 3.49. The van der Waals surface area contributed by atoms with E-state index in [1.165, 1.54) is 6.42 Å². The second-order valence-corrected chi connectivity index (χ2v) is 4.13. The highest BCUT2D eigenvalue weighted by atomic mass is 16.5. The van der Waals surface area contributed by atoms with Crippen LogP contribution in [0.2, 0.25) is 0 Å². The minimum absolute atomic E-state index is 0.440. The van der Waals surface area contributed by atoms with Crippen LogP contribution in [0, 0.1) is 5.41 Å². The van der Waals surface area contributed by atoms with Gasteiger partial charge >= 0.3 is 0 Å². The Labute approximate surface area is 69.3 Å². The number of nitrogens with one attached hydrogen (secondary N) is 1. The zero-order chi connectivity index (χ0) is 8.32. The molecule has 0 aromatic carbocycles. The number of hydrogen-bond acceptors (Lipinski definition) is 2. The lowest BCUT2D eigenvalue weighted by atomic mass is 9.90. The molecule has 1 aliphatic rings. The van der Waals surface area contributed by atoms with Gasteiger partial charge in [-0.15, -0.1) is 0 Å². The Morgan fingerprint density at radius 3 is 2.45 bits per heavy atom. The van der Waals surface area contributed by atoms with Crippen molar-refractivity contribution in [1.29, 1.82) is 0 Å². The van der Waals surface area contributed by atoms with Crippen molar-refractivity contribution in [2.24, 2.45) is 5.41 Å². The SMILES string of the molecule is CCC(C)(C)CNC1COC1. The molecule has 66 valence electrons. The van der Waals surface area contributed by atoms with Crippen molar-refractivity contribution in [3.05, 3.63) is 0 Å². The van der Waals surface area contributed by atoms with E-state index in [4.69, 9.17) is 4.74 Å². The number of rotatable bonds is 4. The van der Waals surface area contributed by atoms with Gasteiger partial charge in [0.15, 0.2) is 0 Å². The summed E-state index contributed by atoms with van der Waals surface area (Å²) in [5.41, 5.74) is 0.440. The van der Waals surface area contributed by atoms with Crippen LogP contribution in [-0.2, 0) is 4.74 Å². The van der Waals surface area contributed by atoms with Gasteiger partial charge in [0.05, 0.1) is 19.3 Å². The monoisotopic (exact) mass is 157 g/mol. The molecular formula is C9H19NO. The van der Waals surface area contributed by atoms with Gasteiger partial charge in [-0.1, -0.05) is 20.8 Å². The van der Waals surface area contributed by atoms with Crippen LogP contribution in [0.4, 0.5) is 0 Å². The summed E-state index contributed by atoms with van der Waals surface area (Å²) in [6, 6.07) is 0.626. The van der Waals surface area contributed by atoms with Crippen LogP contribution in [0.3, 0.4) is 0 Å². The molecule has 1 fully saturated rings. The summed E-state index contributed by atoms with van der Waals surface area (Å²) >= 11 is 0. The second-order valence-electron chi connectivity index (χ2n) is 4.13. The molecule has 1 saturated heterocycles. The largest absolute Gasteiger partial charge is 0.378 e. The summed E-state index contributed by atoms with van der Waals surface area (Å²) in [5.74, 6) is 0. The molecule has 2 nitrogen and oxygen atoms in total. The fourth-order valence-electron chi connectivity index (χ4n) is 0.899. The lowest BCUT2D eigenvalue weighted by Crippen LogP contribution is -2.48. The van der Waals surface area contributed by atoms with Crippen LogP contribution >= 0.6 is 0 Å². The highest BCUT2D eigenvalue weighted by Crippen LogP contribution is 2.18. The number of ether oxygens (including phenoxy) is 1. The van der Waals surface area contributed by atoms with Crippen molar-refractivity contribution >= 4 is 0 Å². The van der Waals surface area contributed by atoms with Crippen LogP contribution in [-0.4, -0.2) is 25.8 Å². The maximum Gasteiger partial charge on any atom is 0.0643 e. The van der Waals surface area contributed by atoms with E-state index >= 15 is 0 Å². The lowest BCUT2D eigenvalue weighted by Gasteiger charge is -2.31. The smallest absolute Gasteiger partial charge is 0.0643 e. The topological polar surface area (TPSA) is 21.3 Å². The molecule has 0 aliphatic carbocycles. The van der Waals surface area contributed by atoms with Crippen LogP contribution in [0.15, 0.2) is 0 Å². The van der Waals surface area contributed by atoms with E-state index in [0.29, 0.717) is 11.5 Å². The minimum atomic E-state index is 0.440. The highest BCUT2D eigenvalue weighted by Gasteiger charge is 2.21. The maximum atomic E-state index is 5.07. The Kier molecular flexibility index (Phi) is 2.90. The van der Waals surface area contributed by atoms with Gasteiger partial charge in [0.2, 0.25) is 0 Å². The van der Waals surface area contributed by atoms with Crippen LogP contribution < -0.4 is 5.32 Å². The summed E-state index contributed by atoms with van der Waals surface area (Å²) in [6.45, 7) is 9.73. The van der Waals surface area contributed by atoms with Crippen molar-refractivity contribution in [1.82, 2.24) is 5.32 Å². The summed E-state index contributed by atoms with van der Waals surface area (Å²) in [4.78, 5) is 0. The molecule has 0 unspecified atom stereocenters. The zero-order valence-corrected chi connectivity index (χ0v) is 7.81. The van der Waals surface area contributed by atoms with Gasteiger partial charge in [-0.05, 0) is 11.8 Å². The molecule has 1 rings (SSSR count). The molecule has 1 aliphatic heterocycles. The molecule has 0 aromatic rings. The Balaban J connectivity index is 2.09. The van der Waals surface area contributed by atoms with Gasteiger partial charge in [0.25, 0.3) is 0 Å². The van der Waals surface area contributed by atoms with Crippen LogP contribution in [0.5, 0.6) is 0 Å². The molecule has 1 heterocycles. The van der Waals surface area contributed by atoms with Crippen molar-refractivity contribution in [3.63, 3.8) is 0 Å². The lowest BCUT2D eigenvalue weighted by molar-refractivity contribution is -0.00868. The minimum Gasteiger partial charge on any atom is -0.378 e. The third-order valence-corrected chi connectivity index (χ3v) is 2.46. The first-order valence-corrected chi connectivity index (χ1v) is 4.45. The molecule has 0 amide bonds. The average molecular weight is 157 g/mol. The summed E-state index contributed by atoms with van der Waals surface area (Å²) in [6.07, 6.45) is 1.23. The molecular weight excluding hydrogens is 138 g/mol. The standard InChI is InChI=1S/C9H19NO/c1-4-9(2,3)7-10-8-5-11-6-8/h8,10H,4-7H2,1-3H3. The first-order valence-electron chi connectivity index (χ1n) is 4.45. The molecule has 11 heavy (non-hydrogen) atoms. The Morgan fingerprint density at radius 2 is 2.09 bits per heavy atom. The Morgan fingerprint density at radius 1 is 1.45 bits per heavy atom. The Bertz CT molecular complexity index is 119. The quantitative estimate of drug-likeness (QED) is 0.666. The molecule has 0 bridgehead atoms. The van der Waals surface area contributed by atoms with Crippen molar-refractivity contribution in [2.75, 3.05) is 19.8 Å². The normalized spacial score (nSPS) is 19.9. The van der Waals surface area contributed by atoms with Crippen LogP contribution in [0.25, 0.3) is 0 Å². The predicted octanol–water partition coefficient (Wildman–Crippen LogP) is 1.41. The van der Waals surface area contributed by atoms with E-state index in [1.807, 2.05) is 0 Å². The van der Waals surface area contributed by atoms with E-state index in [-0.39, 0.29) is 0 Å². The van der Waals surface area contributed by atoms with Gasteiger partial charge in [0.1, 0.15) is 0 Å². The maximum absolute atomic E-state index is 5.07. The van der Waals surface area contributed by atoms with Crippen molar-refractivity contribution < 1.29 is 4.74 Å². The average Bonchev–Trinajstić information content (AvgIpc) is 1.84. The van der Waals surface area contributed by atoms with Crippen LogP contribution in [0.1, 0.15) is 27.2 Å². The van der Waals surface area contributed by atoms with Gasteiger partial charge in [0, 0.05) is 6.54 Å². The molecule has 0 saturated carbocycles. The molecule has 0 aromatic heterocycles. The van der Waals surface area contributed by atoms with Gasteiger partial charge in [-0.25, -0.2) is 0 Å². The van der Waals surface area contributed by atoms with Gasteiger partial charge in [-0.2, -0.15) is 0 Å². The third-order valence-electron chi connectivity index (χ3n) is 2.46. The van der Waals surface area contributed by atoms with Gasteiger partial charge in [-0.3, -0.25) is 0 Å². The van der Waals surface area contributed by atoms with E-state index in [0.717, 1.165) is 19.8 Å². The fraction of sp³-hybridized carbons (Fsp3) is 1.00. The van der Waals surface area contributed by atoms with Crippen molar-refractivity contribution in [2.45, 2.75) is 33.2 Å². The molecule has 0 atom stereocenters. The first kappa shape index (κ1) is 9.01. The predicted molar refractivity (Wildman–Crippen MR) is 46.7 cm³/mol. The molecule has 2 heteroatoms. The first-order chi connectivity index (χ1) is 5.14. The molecule has 0 radical (unpaired) electrons. The summed E-state index contributed by atoms with van der Waals surface area (Å²) in [7, 11) is 0. The summed E-state index contributed by atoms with van der Waals surface area (Å²) < 4.78 is 5.07.